The van der Waals surface area contributed by atoms with Gasteiger partial charge in [-0.1, -0.05) is 24.5 Å². The molecule has 0 unspecified atom stereocenters. The van der Waals surface area contributed by atoms with E-state index in [1.165, 1.54) is 18.2 Å². The minimum Gasteiger partial charge on any atom is -0.433 e. The molecule has 1 aromatic heterocycles. The Kier molecular flexibility index (Phi) is 4.40. The predicted octanol–water partition coefficient (Wildman–Crippen LogP) is 2.24. The van der Waals surface area contributed by atoms with Gasteiger partial charge in [0.15, 0.2) is 0 Å². The number of hydrogen-bond donors (Lipinski definition) is 0. The average molecular weight is 324 g/mol. The van der Waals surface area contributed by atoms with Gasteiger partial charge in [0.1, 0.15) is 11.0 Å². The molecule has 0 aliphatic heterocycles. The van der Waals surface area contributed by atoms with Crippen LogP contribution in [0.4, 0.5) is 10.5 Å². The number of ether oxygens (including phenoxy) is 1. The third-order valence-electron chi connectivity index (χ3n) is 2.84. The molecule has 0 fully saturated rings. The summed E-state index contributed by atoms with van der Waals surface area (Å²) in [5.74, 6) is 0. The maximum Gasteiger partial charge on any atom is 0.535 e. The summed E-state index contributed by atoms with van der Waals surface area (Å²) in [6.07, 6.45) is -0.920. The second-order valence-electron chi connectivity index (χ2n) is 5.89. The van der Waals surface area contributed by atoms with Crippen LogP contribution < -0.4 is 4.84 Å². The topological polar surface area (TPSA) is 109 Å². The van der Waals surface area contributed by atoms with Crippen molar-refractivity contribution in [3.63, 3.8) is 0 Å². The van der Waals surface area contributed by atoms with Crippen LogP contribution in [0.2, 0.25) is 25.7 Å². The Morgan fingerprint density at radius 3 is 2.77 bits per heavy atom. The van der Waals surface area contributed by atoms with E-state index in [9.17, 15) is 14.9 Å². The summed E-state index contributed by atoms with van der Waals surface area (Å²) in [5, 5.41) is 18.1. The first-order valence-electron chi connectivity index (χ1n) is 6.61. The van der Waals surface area contributed by atoms with Crippen molar-refractivity contribution in [3.05, 3.63) is 28.3 Å². The third-order valence-corrected chi connectivity index (χ3v) is 4.55. The van der Waals surface area contributed by atoms with E-state index in [-0.39, 0.29) is 17.8 Å². The summed E-state index contributed by atoms with van der Waals surface area (Å²) < 4.78 is 4.97. The summed E-state index contributed by atoms with van der Waals surface area (Å²) in [5.41, 5.74) is 0.448. The molecule has 0 amide bonds. The molecule has 0 saturated heterocycles. The van der Waals surface area contributed by atoms with E-state index in [2.05, 4.69) is 30.0 Å². The highest BCUT2D eigenvalue weighted by Gasteiger charge is 2.17. The largest absolute Gasteiger partial charge is 0.535 e. The molecule has 0 aliphatic carbocycles. The molecule has 0 bridgehead atoms. The first kappa shape index (κ1) is 15.9. The third kappa shape index (κ3) is 4.01. The van der Waals surface area contributed by atoms with Crippen LogP contribution in [0.15, 0.2) is 18.2 Å². The lowest BCUT2D eigenvalue weighted by Crippen LogP contribution is -2.26. The molecule has 22 heavy (non-hydrogen) atoms. The summed E-state index contributed by atoms with van der Waals surface area (Å²) in [4.78, 5) is 27.5. The number of nitrogens with zero attached hydrogens (tertiary/aromatic N) is 4. The summed E-state index contributed by atoms with van der Waals surface area (Å²) in [7, 11) is -1.31. The zero-order valence-corrected chi connectivity index (χ0v) is 13.5. The smallest absolute Gasteiger partial charge is 0.433 e. The van der Waals surface area contributed by atoms with E-state index < -0.39 is 19.2 Å². The maximum atomic E-state index is 11.6. The van der Waals surface area contributed by atoms with Gasteiger partial charge in [-0.3, -0.25) is 15.0 Å². The fraction of sp³-hybridized carbons (Fsp3) is 0.417. The molecule has 0 atom stereocenters. The fourth-order valence-electron chi connectivity index (χ4n) is 1.61. The highest BCUT2D eigenvalue weighted by molar-refractivity contribution is 6.76. The summed E-state index contributed by atoms with van der Waals surface area (Å²) in [6.45, 7) is 6.74. The van der Waals surface area contributed by atoms with Crippen molar-refractivity contribution in [1.29, 1.82) is 0 Å². The lowest BCUT2D eigenvalue weighted by atomic mass is 10.3. The molecular formula is C12H16N4O5Si. The van der Waals surface area contributed by atoms with Crippen LogP contribution >= 0.6 is 0 Å². The zero-order valence-electron chi connectivity index (χ0n) is 12.5. The van der Waals surface area contributed by atoms with Crippen molar-refractivity contribution in [2.45, 2.75) is 25.7 Å². The van der Waals surface area contributed by atoms with E-state index in [1.54, 1.807) is 0 Å². The molecule has 10 heteroatoms. The van der Waals surface area contributed by atoms with E-state index in [1.807, 2.05) is 0 Å². The molecule has 1 heterocycles. The van der Waals surface area contributed by atoms with Crippen molar-refractivity contribution < 1.29 is 19.3 Å². The van der Waals surface area contributed by atoms with Gasteiger partial charge in [-0.05, 0) is 17.3 Å². The molecule has 0 spiro atoms. The van der Waals surface area contributed by atoms with Crippen LogP contribution in [-0.4, -0.2) is 40.9 Å². The number of rotatable bonds is 5. The Morgan fingerprint density at radius 1 is 1.41 bits per heavy atom. The van der Waals surface area contributed by atoms with E-state index >= 15 is 0 Å². The van der Waals surface area contributed by atoms with Gasteiger partial charge in [0, 0.05) is 20.2 Å². The van der Waals surface area contributed by atoms with Crippen LogP contribution in [-0.2, 0) is 4.74 Å². The van der Waals surface area contributed by atoms with Crippen LogP contribution in [0.3, 0.4) is 0 Å². The second-order valence-corrected chi connectivity index (χ2v) is 11.5. The highest BCUT2D eigenvalue weighted by Crippen LogP contribution is 2.18. The van der Waals surface area contributed by atoms with Gasteiger partial charge in [0.25, 0.3) is 5.69 Å². The molecule has 0 aliphatic rings. The SMILES string of the molecule is C[Si](C)(C)CCOC(=O)On1nnc2ccc([N+](=O)[O-])cc21. The predicted molar refractivity (Wildman–Crippen MR) is 80.3 cm³/mol. The quantitative estimate of drug-likeness (QED) is 0.273. The van der Waals surface area contributed by atoms with Gasteiger partial charge < -0.3 is 4.74 Å². The minimum atomic E-state index is -1.31. The van der Waals surface area contributed by atoms with Gasteiger partial charge in [-0.2, -0.15) is 0 Å². The molecule has 118 valence electrons. The fourth-order valence-corrected chi connectivity index (χ4v) is 2.32. The molecule has 2 aromatic rings. The van der Waals surface area contributed by atoms with Crippen LogP contribution in [0.25, 0.3) is 11.0 Å². The highest BCUT2D eigenvalue weighted by atomic mass is 28.3. The van der Waals surface area contributed by atoms with Crippen molar-refractivity contribution in [1.82, 2.24) is 15.2 Å². The Balaban J connectivity index is 2.06. The normalized spacial score (nSPS) is 11.4. The van der Waals surface area contributed by atoms with Gasteiger partial charge in [-0.25, -0.2) is 4.79 Å². The first-order valence-corrected chi connectivity index (χ1v) is 10.3. The number of hydrogen-bond acceptors (Lipinski definition) is 7. The van der Waals surface area contributed by atoms with Gasteiger partial charge in [0.2, 0.25) is 0 Å². The van der Waals surface area contributed by atoms with E-state index in [0.717, 1.165) is 10.9 Å². The molecular weight excluding hydrogens is 308 g/mol. The van der Waals surface area contributed by atoms with Crippen LogP contribution in [0.1, 0.15) is 0 Å². The number of carbonyl (C=O) groups excluding carboxylic acids is 1. The molecule has 9 nitrogen and oxygen atoms in total. The molecule has 0 saturated carbocycles. The number of nitro groups is 1. The van der Waals surface area contributed by atoms with Crippen molar-refractivity contribution in [3.8, 4) is 0 Å². The molecule has 2 rings (SSSR count). The minimum absolute atomic E-state index is 0.147. The molecule has 1 aromatic carbocycles. The Labute approximate surface area is 126 Å². The lowest BCUT2D eigenvalue weighted by molar-refractivity contribution is -0.384. The van der Waals surface area contributed by atoms with Gasteiger partial charge in [0.05, 0.1) is 11.5 Å². The van der Waals surface area contributed by atoms with Crippen molar-refractivity contribution in [2.75, 3.05) is 6.61 Å². The van der Waals surface area contributed by atoms with Crippen molar-refractivity contribution >= 4 is 31.0 Å². The summed E-state index contributed by atoms with van der Waals surface area (Å²) in [6, 6.07) is 4.76. The zero-order chi connectivity index (χ0) is 16.3. The van der Waals surface area contributed by atoms with Crippen LogP contribution in [0.5, 0.6) is 0 Å². The number of aromatic nitrogens is 3. The molecule has 0 N–H and O–H groups in total. The standard InChI is InChI=1S/C12H16N4O5Si/c1-22(2,3)7-6-20-12(17)21-15-11-8-9(16(18)19)4-5-10(11)13-14-15/h4-5,8H,6-7H2,1-3H3. The Hall–Kier alpha value is -2.49. The van der Waals surface area contributed by atoms with Gasteiger partial charge in [-0.15, -0.1) is 5.10 Å². The number of carbonyl (C=O) groups is 1. The number of nitro benzene ring substituents is 1. The lowest BCUT2D eigenvalue weighted by Gasteiger charge is -2.14. The second kappa shape index (κ2) is 6.09. The summed E-state index contributed by atoms with van der Waals surface area (Å²) >= 11 is 0. The Bertz CT molecular complexity index is 709. The van der Waals surface area contributed by atoms with E-state index in [4.69, 9.17) is 9.57 Å². The number of benzene rings is 1. The Morgan fingerprint density at radius 2 is 2.14 bits per heavy atom. The van der Waals surface area contributed by atoms with E-state index in [0.29, 0.717) is 5.52 Å². The van der Waals surface area contributed by atoms with Crippen molar-refractivity contribution in [2.24, 2.45) is 0 Å². The van der Waals surface area contributed by atoms with Gasteiger partial charge >= 0.3 is 6.16 Å². The van der Waals surface area contributed by atoms with Crippen LogP contribution in [0, 0.1) is 10.1 Å². The maximum absolute atomic E-state index is 11.6. The average Bonchev–Trinajstić information content (AvgIpc) is 2.79. The number of non-ortho nitro benzene ring substituents is 1. The molecule has 0 radical (unpaired) electrons. The monoisotopic (exact) mass is 324 g/mol. The number of fused-ring (bicyclic) bond motifs is 1. The first-order chi connectivity index (χ1) is 10.3.